The smallest absolute Gasteiger partial charge is 0.321 e. The Balaban J connectivity index is 4.15. The van der Waals surface area contributed by atoms with Crippen molar-refractivity contribution >= 4 is 11.9 Å². The van der Waals surface area contributed by atoms with E-state index >= 15 is 0 Å². The van der Waals surface area contributed by atoms with Gasteiger partial charge in [-0.05, 0) is 26.4 Å². The number of carbonyl (C=O) groups is 2. The van der Waals surface area contributed by atoms with Crippen molar-refractivity contribution in [2.75, 3.05) is 13.1 Å². The molecule has 0 aromatic heterocycles. The quantitative estimate of drug-likeness (QED) is 0.400. The van der Waals surface area contributed by atoms with Crippen LogP contribution in [0.2, 0.25) is 0 Å². The van der Waals surface area contributed by atoms with Crippen molar-refractivity contribution in [2.24, 2.45) is 11.7 Å². The van der Waals surface area contributed by atoms with E-state index in [1.54, 1.807) is 0 Å². The summed E-state index contributed by atoms with van der Waals surface area (Å²) in [6, 6.07) is -1.06. The average Bonchev–Trinajstić information content (AvgIpc) is 2.10. The van der Waals surface area contributed by atoms with Gasteiger partial charge in [0.1, 0.15) is 6.04 Å². The van der Waals surface area contributed by atoms with E-state index in [4.69, 9.17) is 15.9 Å². The highest BCUT2D eigenvalue weighted by molar-refractivity contribution is 5.82. The molecule has 5 N–H and O–H groups in total. The Labute approximate surface area is 82.1 Å². The van der Waals surface area contributed by atoms with Crippen LogP contribution in [-0.2, 0) is 9.59 Å². The molecule has 0 rings (SSSR count). The van der Waals surface area contributed by atoms with Crippen molar-refractivity contribution in [3.8, 4) is 0 Å². The number of hydrogen-bond acceptors (Lipinski definition) is 4. The van der Waals surface area contributed by atoms with Gasteiger partial charge in [-0.15, -0.1) is 0 Å². The van der Waals surface area contributed by atoms with Gasteiger partial charge >= 0.3 is 11.9 Å². The minimum Gasteiger partial charge on any atom is -0.481 e. The van der Waals surface area contributed by atoms with Crippen LogP contribution in [0.25, 0.3) is 0 Å². The molecule has 0 saturated carbocycles. The van der Waals surface area contributed by atoms with Crippen LogP contribution in [0.5, 0.6) is 0 Å². The van der Waals surface area contributed by atoms with E-state index in [0.717, 1.165) is 0 Å². The highest BCUT2D eigenvalue weighted by Gasteiger charge is 2.28. The highest BCUT2D eigenvalue weighted by atomic mass is 16.4. The number of nitrogens with one attached hydrogen (secondary N) is 1. The van der Waals surface area contributed by atoms with Crippen LogP contribution in [0, 0.1) is 5.92 Å². The molecule has 0 amide bonds. The molecule has 0 spiro atoms. The first-order valence-electron chi connectivity index (χ1n) is 4.39. The second kappa shape index (κ2) is 6.33. The number of hydrogen-bond donors (Lipinski definition) is 4. The Bertz CT molecular complexity index is 208. The summed E-state index contributed by atoms with van der Waals surface area (Å²) in [6.07, 6.45) is 0.621. The lowest BCUT2D eigenvalue weighted by Crippen LogP contribution is -2.45. The minimum absolute atomic E-state index is 0.408. The van der Waals surface area contributed by atoms with Gasteiger partial charge in [0.15, 0.2) is 0 Å². The van der Waals surface area contributed by atoms with E-state index in [2.05, 4.69) is 5.32 Å². The molecule has 0 fully saturated rings. The Kier molecular flexibility index (Phi) is 5.82. The normalized spacial score (nSPS) is 14.7. The van der Waals surface area contributed by atoms with Gasteiger partial charge in [-0.25, -0.2) is 0 Å². The van der Waals surface area contributed by atoms with Crippen molar-refractivity contribution in [3.63, 3.8) is 0 Å². The molecule has 2 unspecified atom stereocenters. The summed E-state index contributed by atoms with van der Waals surface area (Å²) in [6.45, 7) is 2.21. The van der Waals surface area contributed by atoms with Crippen LogP contribution in [0.3, 0.4) is 0 Å². The molecule has 2 atom stereocenters. The number of aliphatic carboxylic acids is 2. The molecule has 0 radical (unpaired) electrons. The predicted molar refractivity (Wildman–Crippen MR) is 49.9 cm³/mol. The van der Waals surface area contributed by atoms with Gasteiger partial charge in [0.05, 0.1) is 5.92 Å². The van der Waals surface area contributed by atoms with Gasteiger partial charge in [0, 0.05) is 0 Å². The third-order valence-corrected chi connectivity index (χ3v) is 1.90. The molecule has 6 nitrogen and oxygen atoms in total. The molecule has 0 bridgehead atoms. The van der Waals surface area contributed by atoms with Gasteiger partial charge in [-0.2, -0.15) is 0 Å². The van der Waals surface area contributed by atoms with Crippen LogP contribution < -0.4 is 11.1 Å². The molecule has 6 heteroatoms. The molecular formula is C8H16N2O4. The Morgan fingerprint density at radius 1 is 1.36 bits per heavy atom. The fourth-order valence-electron chi connectivity index (χ4n) is 0.980. The number of rotatable bonds is 7. The van der Waals surface area contributed by atoms with Crippen LogP contribution >= 0.6 is 0 Å². The van der Waals surface area contributed by atoms with Crippen LogP contribution in [-0.4, -0.2) is 41.3 Å². The van der Waals surface area contributed by atoms with Gasteiger partial charge in [0.2, 0.25) is 0 Å². The topological polar surface area (TPSA) is 113 Å². The lowest BCUT2D eigenvalue weighted by atomic mass is 10.0. The fourth-order valence-corrected chi connectivity index (χ4v) is 0.980. The Hall–Kier alpha value is -1.14. The first-order valence-corrected chi connectivity index (χ1v) is 4.39. The predicted octanol–water partition coefficient (Wildman–Crippen LogP) is -0.901. The summed E-state index contributed by atoms with van der Waals surface area (Å²) in [5.41, 5.74) is 5.22. The van der Waals surface area contributed by atoms with Gasteiger partial charge in [-0.3, -0.25) is 9.59 Å². The van der Waals surface area contributed by atoms with Gasteiger partial charge in [0.25, 0.3) is 0 Å². The third kappa shape index (κ3) is 4.20. The molecular weight excluding hydrogens is 188 g/mol. The zero-order valence-corrected chi connectivity index (χ0v) is 8.06. The number of nitrogens with two attached hydrogens (primary N) is 1. The molecule has 0 aliphatic rings. The molecule has 0 saturated heterocycles. The SMILES string of the molecule is CC(C(=O)O)C(NCCCN)C(=O)O. The molecule has 82 valence electrons. The van der Waals surface area contributed by atoms with E-state index in [1.807, 2.05) is 0 Å². The van der Waals surface area contributed by atoms with Crippen molar-refractivity contribution in [2.45, 2.75) is 19.4 Å². The zero-order valence-electron chi connectivity index (χ0n) is 8.06. The van der Waals surface area contributed by atoms with E-state index in [1.165, 1.54) is 6.92 Å². The maximum absolute atomic E-state index is 10.7. The van der Waals surface area contributed by atoms with Crippen molar-refractivity contribution in [1.82, 2.24) is 5.32 Å². The second-order valence-corrected chi connectivity index (χ2v) is 3.04. The average molecular weight is 204 g/mol. The number of carboxylic acid groups (broad SMARTS) is 2. The first-order chi connectivity index (χ1) is 6.50. The molecule has 0 aliphatic carbocycles. The molecule has 0 aromatic carbocycles. The summed E-state index contributed by atoms with van der Waals surface area (Å²) >= 11 is 0. The summed E-state index contributed by atoms with van der Waals surface area (Å²) < 4.78 is 0. The maximum Gasteiger partial charge on any atom is 0.321 e. The monoisotopic (exact) mass is 204 g/mol. The van der Waals surface area contributed by atoms with Crippen molar-refractivity contribution < 1.29 is 19.8 Å². The lowest BCUT2D eigenvalue weighted by molar-refractivity contribution is -0.150. The van der Waals surface area contributed by atoms with Crippen LogP contribution in [0.1, 0.15) is 13.3 Å². The summed E-state index contributed by atoms with van der Waals surface area (Å²) in [5.74, 6) is -3.24. The third-order valence-electron chi connectivity index (χ3n) is 1.90. The molecule has 0 heterocycles. The highest BCUT2D eigenvalue weighted by Crippen LogP contribution is 2.03. The van der Waals surface area contributed by atoms with Gasteiger partial charge < -0.3 is 21.3 Å². The summed E-state index contributed by atoms with van der Waals surface area (Å²) in [4.78, 5) is 21.2. The summed E-state index contributed by atoms with van der Waals surface area (Å²) in [5, 5.41) is 20.0. The van der Waals surface area contributed by atoms with Crippen molar-refractivity contribution in [3.05, 3.63) is 0 Å². The Morgan fingerprint density at radius 3 is 2.29 bits per heavy atom. The molecule has 14 heavy (non-hydrogen) atoms. The zero-order chi connectivity index (χ0) is 11.1. The number of carboxylic acids is 2. The first kappa shape index (κ1) is 12.9. The second-order valence-electron chi connectivity index (χ2n) is 3.04. The Morgan fingerprint density at radius 2 is 1.93 bits per heavy atom. The van der Waals surface area contributed by atoms with E-state index in [9.17, 15) is 9.59 Å². The maximum atomic E-state index is 10.7. The van der Waals surface area contributed by atoms with Gasteiger partial charge in [-0.1, -0.05) is 0 Å². The van der Waals surface area contributed by atoms with E-state index < -0.39 is 23.9 Å². The molecule has 0 aliphatic heterocycles. The van der Waals surface area contributed by atoms with Crippen LogP contribution in [0.4, 0.5) is 0 Å². The van der Waals surface area contributed by atoms with Crippen molar-refractivity contribution in [1.29, 1.82) is 0 Å². The standard InChI is InChI=1S/C8H16N2O4/c1-5(7(11)12)6(8(13)14)10-4-2-3-9/h5-6,10H,2-4,9H2,1H3,(H,11,12)(H,13,14). The van der Waals surface area contributed by atoms with E-state index in [-0.39, 0.29) is 0 Å². The fraction of sp³-hybridized carbons (Fsp3) is 0.750. The minimum atomic E-state index is -1.16. The molecule has 0 aromatic rings. The largest absolute Gasteiger partial charge is 0.481 e. The van der Waals surface area contributed by atoms with E-state index in [0.29, 0.717) is 19.5 Å². The lowest BCUT2D eigenvalue weighted by Gasteiger charge is -2.17. The van der Waals surface area contributed by atoms with Crippen LogP contribution in [0.15, 0.2) is 0 Å². The summed E-state index contributed by atoms with van der Waals surface area (Å²) in [7, 11) is 0.